The zero-order valence-electron chi connectivity index (χ0n) is 15.5. The maximum Gasteiger partial charge on any atom is 0.410 e. The molecule has 3 heterocycles. The second-order valence-corrected chi connectivity index (χ2v) is 9.58. The molecule has 0 bridgehead atoms. The summed E-state index contributed by atoms with van der Waals surface area (Å²) in [6, 6.07) is 1.99. The van der Waals surface area contributed by atoms with E-state index in [1.54, 1.807) is 27.9 Å². The van der Waals surface area contributed by atoms with Crippen LogP contribution in [0.15, 0.2) is 21.5 Å². The topological polar surface area (TPSA) is 54.8 Å². The highest BCUT2D eigenvalue weighted by atomic mass is 79.9. The van der Waals surface area contributed by atoms with E-state index in [4.69, 9.17) is 4.74 Å². The molecule has 1 amide bonds. The van der Waals surface area contributed by atoms with Gasteiger partial charge < -0.3 is 14.2 Å². The molecule has 6 nitrogen and oxygen atoms in total. The lowest BCUT2D eigenvalue weighted by atomic mass is 10.2. The number of aryl methyl sites for hydroxylation is 1. The Morgan fingerprint density at radius 1 is 1.27 bits per heavy atom. The Balaban J connectivity index is 1.64. The number of halogens is 1. The average Bonchev–Trinajstić information content (AvgIpc) is 2.96. The molecule has 26 heavy (non-hydrogen) atoms. The molecule has 0 N–H and O–H groups in total. The average molecular weight is 442 g/mol. The molecular formula is C18H24BrN3O3S. The normalized spacial score (nSPS) is 16.3. The summed E-state index contributed by atoms with van der Waals surface area (Å²) in [5, 5.41) is 0.759. The third-order valence-electron chi connectivity index (χ3n) is 4.26. The fourth-order valence-corrected chi connectivity index (χ4v) is 4.82. The second kappa shape index (κ2) is 7.32. The number of ether oxygens (including phenoxy) is 1. The van der Waals surface area contributed by atoms with Gasteiger partial charge in [0.05, 0.1) is 14.6 Å². The lowest BCUT2D eigenvalue weighted by Gasteiger charge is -2.35. The Kier molecular flexibility index (Phi) is 5.46. The Morgan fingerprint density at radius 2 is 1.92 bits per heavy atom. The first kappa shape index (κ1) is 19.4. The van der Waals surface area contributed by atoms with Crippen LogP contribution in [0.1, 0.15) is 25.6 Å². The lowest BCUT2D eigenvalue weighted by Crippen LogP contribution is -2.49. The van der Waals surface area contributed by atoms with Crippen LogP contribution in [0, 0.1) is 0 Å². The van der Waals surface area contributed by atoms with Gasteiger partial charge in [-0.25, -0.2) is 4.79 Å². The van der Waals surface area contributed by atoms with Gasteiger partial charge in [-0.05, 0) is 42.8 Å². The van der Waals surface area contributed by atoms with Gasteiger partial charge in [-0.1, -0.05) is 0 Å². The molecule has 0 aromatic carbocycles. The molecule has 0 aliphatic carbocycles. The summed E-state index contributed by atoms with van der Waals surface area (Å²) >= 11 is 5.20. The van der Waals surface area contributed by atoms with Gasteiger partial charge >= 0.3 is 6.09 Å². The molecule has 1 aliphatic rings. The third kappa shape index (κ3) is 4.29. The second-order valence-electron chi connectivity index (χ2n) is 7.59. The molecule has 1 fully saturated rings. The molecule has 1 aliphatic heterocycles. The van der Waals surface area contributed by atoms with Gasteiger partial charge in [0.15, 0.2) is 0 Å². The summed E-state index contributed by atoms with van der Waals surface area (Å²) in [5.74, 6) is 0. The zero-order valence-corrected chi connectivity index (χ0v) is 17.9. The van der Waals surface area contributed by atoms with E-state index in [-0.39, 0.29) is 11.7 Å². The molecule has 8 heteroatoms. The van der Waals surface area contributed by atoms with E-state index in [0.29, 0.717) is 13.1 Å². The predicted molar refractivity (Wildman–Crippen MR) is 108 cm³/mol. The maximum absolute atomic E-state index is 12.3. The summed E-state index contributed by atoms with van der Waals surface area (Å²) in [7, 11) is 1.76. The number of nitrogens with zero attached hydrogens (tertiary/aromatic N) is 3. The molecule has 0 unspecified atom stereocenters. The predicted octanol–water partition coefficient (Wildman–Crippen LogP) is 3.42. The van der Waals surface area contributed by atoms with Crippen molar-refractivity contribution in [1.82, 2.24) is 14.4 Å². The molecular weight excluding hydrogens is 418 g/mol. The third-order valence-corrected chi connectivity index (χ3v) is 6.28. The molecule has 0 saturated carbocycles. The summed E-state index contributed by atoms with van der Waals surface area (Å²) in [5.41, 5.74) is -0.439. The van der Waals surface area contributed by atoms with Crippen LogP contribution < -0.4 is 5.56 Å². The smallest absolute Gasteiger partial charge is 0.410 e. The van der Waals surface area contributed by atoms with Crippen molar-refractivity contribution in [2.45, 2.75) is 32.9 Å². The quantitative estimate of drug-likeness (QED) is 0.716. The highest BCUT2D eigenvalue weighted by Gasteiger charge is 2.26. The molecule has 1 saturated heterocycles. The fraction of sp³-hybridized carbons (Fsp3) is 0.556. The monoisotopic (exact) mass is 441 g/mol. The van der Waals surface area contributed by atoms with Crippen LogP contribution in [-0.4, -0.2) is 52.2 Å². The van der Waals surface area contributed by atoms with Crippen molar-refractivity contribution in [3.05, 3.63) is 32.0 Å². The SMILES string of the molecule is Cn1cc(Br)c2sc(CN3CCN(C(=O)OC(C)(C)C)CC3)cc2c1=O. The van der Waals surface area contributed by atoms with Gasteiger partial charge in [-0.15, -0.1) is 11.3 Å². The van der Waals surface area contributed by atoms with Gasteiger partial charge in [0.2, 0.25) is 0 Å². The van der Waals surface area contributed by atoms with Crippen molar-refractivity contribution in [1.29, 1.82) is 0 Å². The summed E-state index contributed by atoms with van der Waals surface area (Å²) < 4.78 is 8.98. The van der Waals surface area contributed by atoms with Gasteiger partial charge in [0.1, 0.15) is 5.60 Å². The van der Waals surface area contributed by atoms with Crippen LogP contribution >= 0.6 is 27.3 Å². The molecule has 0 spiro atoms. The molecule has 2 aromatic heterocycles. The first-order valence-electron chi connectivity index (χ1n) is 8.62. The van der Waals surface area contributed by atoms with Crippen LogP contribution in [0.25, 0.3) is 10.1 Å². The molecule has 142 valence electrons. The maximum atomic E-state index is 12.3. The minimum Gasteiger partial charge on any atom is -0.444 e. The fourth-order valence-electron chi connectivity index (χ4n) is 2.97. The summed E-state index contributed by atoms with van der Waals surface area (Å²) in [6.45, 7) is 9.34. The number of pyridine rings is 1. The van der Waals surface area contributed by atoms with Crippen molar-refractivity contribution >= 4 is 43.4 Å². The molecule has 0 atom stereocenters. The number of piperazine rings is 1. The minimum absolute atomic E-state index is 0.0282. The number of carbonyl (C=O) groups excluding carboxylic acids is 1. The number of carbonyl (C=O) groups is 1. The van der Waals surface area contributed by atoms with E-state index < -0.39 is 5.60 Å². The van der Waals surface area contributed by atoms with Crippen LogP contribution in [0.4, 0.5) is 4.79 Å². The van der Waals surface area contributed by atoms with Gasteiger partial charge in [-0.3, -0.25) is 9.69 Å². The van der Waals surface area contributed by atoms with Crippen LogP contribution in [0.2, 0.25) is 0 Å². The Bertz CT molecular complexity index is 876. The van der Waals surface area contributed by atoms with Crippen LogP contribution in [-0.2, 0) is 18.3 Å². The van der Waals surface area contributed by atoms with E-state index in [9.17, 15) is 9.59 Å². The molecule has 2 aromatic rings. The van der Waals surface area contributed by atoms with E-state index in [1.165, 1.54) is 0 Å². The largest absolute Gasteiger partial charge is 0.444 e. The summed E-state index contributed by atoms with van der Waals surface area (Å²) in [6.07, 6.45) is 1.57. The number of rotatable bonds is 2. The van der Waals surface area contributed by atoms with E-state index >= 15 is 0 Å². The van der Waals surface area contributed by atoms with Crippen LogP contribution in [0.5, 0.6) is 0 Å². The van der Waals surface area contributed by atoms with Gasteiger partial charge in [-0.2, -0.15) is 0 Å². The Labute approximate surface area is 165 Å². The lowest BCUT2D eigenvalue weighted by molar-refractivity contribution is 0.0140. The Morgan fingerprint density at radius 3 is 2.54 bits per heavy atom. The van der Waals surface area contributed by atoms with E-state index in [1.807, 2.05) is 33.0 Å². The standard InChI is InChI=1S/C18H24BrN3O3S/c1-18(2,3)25-17(24)22-7-5-21(6-8-22)10-12-9-13-15(26-12)14(19)11-20(4)16(13)23/h9,11H,5-8,10H2,1-4H3. The van der Waals surface area contributed by atoms with Crippen molar-refractivity contribution in [3.8, 4) is 0 Å². The number of hydrogen-bond donors (Lipinski definition) is 0. The van der Waals surface area contributed by atoms with Crippen molar-refractivity contribution < 1.29 is 9.53 Å². The van der Waals surface area contributed by atoms with E-state index in [0.717, 1.165) is 39.1 Å². The Hall–Kier alpha value is -1.38. The summed E-state index contributed by atoms with van der Waals surface area (Å²) in [4.78, 5) is 29.7. The highest BCUT2D eigenvalue weighted by molar-refractivity contribution is 9.10. The number of hydrogen-bond acceptors (Lipinski definition) is 5. The van der Waals surface area contributed by atoms with E-state index in [2.05, 4.69) is 20.8 Å². The number of thiophene rings is 1. The molecule has 3 rings (SSSR count). The van der Waals surface area contributed by atoms with Gasteiger partial charge in [0.25, 0.3) is 5.56 Å². The number of fused-ring (bicyclic) bond motifs is 1. The van der Waals surface area contributed by atoms with Gasteiger partial charge in [0, 0.05) is 50.8 Å². The first-order chi connectivity index (χ1) is 12.1. The van der Waals surface area contributed by atoms with Crippen LogP contribution in [0.3, 0.4) is 0 Å². The minimum atomic E-state index is -0.467. The first-order valence-corrected chi connectivity index (χ1v) is 10.2. The molecule has 0 radical (unpaired) electrons. The van der Waals surface area contributed by atoms with Crippen molar-refractivity contribution in [2.75, 3.05) is 26.2 Å². The highest BCUT2D eigenvalue weighted by Crippen LogP contribution is 2.30. The number of aromatic nitrogens is 1. The van der Waals surface area contributed by atoms with Crippen molar-refractivity contribution in [3.63, 3.8) is 0 Å². The zero-order chi connectivity index (χ0) is 19.1. The number of amides is 1. The van der Waals surface area contributed by atoms with Crippen molar-refractivity contribution in [2.24, 2.45) is 7.05 Å².